The number of aryl methyl sites for hydroxylation is 1. The first kappa shape index (κ1) is 22.9. The van der Waals surface area contributed by atoms with Crippen LogP contribution in [-0.2, 0) is 11.2 Å². The quantitative estimate of drug-likeness (QED) is 0.380. The summed E-state index contributed by atoms with van der Waals surface area (Å²) in [6.45, 7) is 9.87. The van der Waals surface area contributed by atoms with Crippen molar-refractivity contribution in [1.29, 1.82) is 0 Å². The van der Waals surface area contributed by atoms with Crippen molar-refractivity contribution in [3.05, 3.63) is 29.8 Å². The third-order valence-corrected chi connectivity index (χ3v) is 5.73. The van der Waals surface area contributed by atoms with E-state index in [1.54, 1.807) is 7.05 Å². The Balaban J connectivity index is 0.00000280. The van der Waals surface area contributed by atoms with Crippen molar-refractivity contribution >= 4 is 41.5 Å². The highest BCUT2D eigenvalue weighted by atomic mass is 127. The van der Waals surface area contributed by atoms with E-state index in [0.29, 0.717) is 24.0 Å². The van der Waals surface area contributed by atoms with E-state index in [1.165, 1.54) is 5.56 Å². The van der Waals surface area contributed by atoms with Crippen molar-refractivity contribution in [1.82, 2.24) is 15.5 Å². The minimum Gasteiger partial charge on any atom is -0.352 e. The number of para-hydroxylation sites is 1. The number of guanidine groups is 1. The zero-order valence-corrected chi connectivity index (χ0v) is 19.8. The largest absolute Gasteiger partial charge is 0.352 e. The van der Waals surface area contributed by atoms with Gasteiger partial charge in [0.2, 0.25) is 5.91 Å². The molecule has 1 saturated heterocycles. The molecule has 1 amide bonds. The third-order valence-electron chi connectivity index (χ3n) is 5.73. The number of rotatable bonds is 4. The minimum atomic E-state index is 0. The number of fused-ring (bicyclic) bond motifs is 1. The number of halogens is 1. The molecular weight excluding hydrogens is 465 g/mol. The molecule has 2 heterocycles. The number of likely N-dealkylation sites (tertiary alicyclic amines) is 1. The van der Waals surface area contributed by atoms with Gasteiger partial charge in [-0.1, -0.05) is 25.1 Å². The molecule has 1 aromatic rings. The molecule has 0 radical (unpaired) electrons. The number of hydrogen-bond donors (Lipinski definition) is 2. The van der Waals surface area contributed by atoms with Gasteiger partial charge in [-0.3, -0.25) is 14.7 Å². The van der Waals surface area contributed by atoms with Gasteiger partial charge in [-0.15, -0.1) is 24.0 Å². The van der Waals surface area contributed by atoms with Crippen LogP contribution in [-0.4, -0.2) is 62.1 Å². The molecule has 7 heteroatoms. The van der Waals surface area contributed by atoms with Crippen molar-refractivity contribution in [3.8, 4) is 0 Å². The van der Waals surface area contributed by atoms with Crippen LogP contribution >= 0.6 is 24.0 Å². The minimum absolute atomic E-state index is 0. The SMILES string of the molecule is CN=C(NCC(=O)N1CCCc2ccccc21)NC1CN(C(C)C)CC1C.I. The van der Waals surface area contributed by atoms with E-state index in [2.05, 4.69) is 47.4 Å². The molecule has 0 saturated carbocycles. The van der Waals surface area contributed by atoms with E-state index < -0.39 is 0 Å². The van der Waals surface area contributed by atoms with Crippen LogP contribution in [0, 0.1) is 5.92 Å². The Labute approximate surface area is 186 Å². The van der Waals surface area contributed by atoms with Gasteiger partial charge in [-0.25, -0.2) is 0 Å². The fraction of sp³-hybridized carbons (Fsp3) is 0.619. The zero-order valence-electron chi connectivity index (χ0n) is 17.4. The molecule has 28 heavy (non-hydrogen) atoms. The van der Waals surface area contributed by atoms with Crippen molar-refractivity contribution in [2.24, 2.45) is 10.9 Å². The lowest BCUT2D eigenvalue weighted by Crippen LogP contribution is -2.50. The lowest BCUT2D eigenvalue weighted by molar-refractivity contribution is -0.117. The van der Waals surface area contributed by atoms with Crippen LogP contribution < -0.4 is 15.5 Å². The maximum Gasteiger partial charge on any atom is 0.246 e. The second kappa shape index (κ2) is 10.4. The molecule has 6 nitrogen and oxygen atoms in total. The fourth-order valence-corrected chi connectivity index (χ4v) is 4.03. The van der Waals surface area contributed by atoms with E-state index in [4.69, 9.17) is 0 Å². The van der Waals surface area contributed by atoms with Crippen LogP contribution in [0.4, 0.5) is 5.69 Å². The van der Waals surface area contributed by atoms with Gasteiger partial charge in [0.25, 0.3) is 0 Å². The number of aliphatic imine (C=N–C) groups is 1. The van der Waals surface area contributed by atoms with Crippen LogP contribution in [0.15, 0.2) is 29.3 Å². The van der Waals surface area contributed by atoms with Gasteiger partial charge in [-0.2, -0.15) is 0 Å². The molecule has 1 aromatic carbocycles. The van der Waals surface area contributed by atoms with E-state index in [1.807, 2.05) is 23.1 Å². The molecule has 2 N–H and O–H groups in total. The second-order valence-corrected chi connectivity index (χ2v) is 7.98. The maximum atomic E-state index is 12.8. The average molecular weight is 499 g/mol. The summed E-state index contributed by atoms with van der Waals surface area (Å²) in [7, 11) is 1.76. The molecule has 0 aliphatic carbocycles. The molecular formula is C21H34IN5O. The summed E-state index contributed by atoms with van der Waals surface area (Å²) in [6, 6.07) is 9.10. The highest BCUT2D eigenvalue weighted by Crippen LogP contribution is 2.26. The van der Waals surface area contributed by atoms with Crippen molar-refractivity contribution in [2.45, 2.75) is 45.7 Å². The predicted octanol–water partition coefficient (Wildman–Crippen LogP) is 2.48. The standard InChI is InChI=1S/C21H33N5O.HI/c1-15(2)25-13-16(3)18(14-25)24-21(22-4)23-12-20(27)26-11-7-9-17-8-5-6-10-19(17)26;/h5-6,8,10,15-16,18H,7,9,11-14H2,1-4H3,(H2,22,23,24);1H. The second-order valence-electron chi connectivity index (χ2n) is 7.98. The Morgan fingerprint density at radius 2 is 2.04 bits per heavy atom. The maximum absolute atomic E-state index is 12.8. The Hall–Kier alpha value is -1.35. The Morgan fingerprint density at radius 1 is 1.29 bits per heavy atom. The van der Waals surface area contributed by atoms with E-state index in [9.17, 15) is 4.79 Å². The lowest BCUT2D eigenvalue weighted by atomic mass is 10.0. The first-order valence-corrected chi connectivity index (χ1v) is 10.1. The van der Waals surface area contributed by atoms with Gasteiger partial charge >= 0.3 is 0 Å². The smallest absolute Gasteiger partial charge is 0.246 e. The van der Waals surface area contributed by atoms with Gasteiger partial charge in [0, 0.05) is 44.5 Å². The van der Waals surface area contributed by atoms with Crippen LogP contribution in [0.1, 0.15) is 32.8 Å². The zero-order chi connectivity index (χ0) is 19.4. The number of carbonyl (C=O) groups is 1. The molecule has 0 aromatic heterocycles. The summed E-state index contributed by atoms with van der Waals surface area (Å²) >= 11 is 0. The summed E-state index contributed by atoms with van der Waals surface area (Å²) < 4.78 is 0. The van der Waals surface area contributed by atoms with Crippen molar-refractivity contribution in [2.75, 3.05) is 38.1 Å². The van der Waals surface area contributed by atoms with Gasteiger partial charge in [0.05, 0.1) is 6.54 Å². The third kappa shape index (κ3) is 5.37. The molecule has 2 unspecified atom stereocenters. The molecule has 1 fully saturated rings. The molecule has 0 bridgehead atoms. The van der Waals surface area contributed by atoms with Crippen molar-refractivity contribution < 1.29 is 4.79 Å². The lowest BCUT2D eigenvalue weighted by Gasteiger charge is -2.30. The van der Waals surface area contributed by atoms with Gasteiger partial charge in [0.15, 0.2) is 5.96 Å². The van der Waals surface area contributed by atoms with Gasteiger partial charge in [-0.05, 0) is 44.2 Å². The summed E-state index contributed by atoms with van der Waals surface area (Å²) in [5.41, 5.74) is 2.31. The van der Waals surface area contributed by atoms with Gasteiger partial charge < -0.3 is 15.5 Å². The van der Waals surface area contributed by atoms with E-state index in [-0.39, 0.29) is 36.4 Å². The van der Waals surface area contributed by atoms with Crippen LogP contribution in [0.25, 0.3) is 0 Å². The topological polar surface area (TPSA) is 60.0 Å². The van der Waals surface area contributed by atoms with Gasteiger partial charge in [0.1, 0.15) is 0 Å². The highest BCUT2D eigenvalue weighted by molar-refractivity contribution is 14.0. The molecule has 0 spiro atoms. The first-order chi connectivity index (χ1) is 13.0. The Bertz CT molecular complexity index is 693. The van der Waals surface area contributed by atoms with Crippen molar-refractivity contribution in [3.63, 3.8) is 0 Å². The highest BCUT2D eigenvalue weighted by Gasteiger charge is 2.31. The molecule has 2 atom stereocenters. The first-order valence-electron chi connectivity index (χ1n) is 10.1. The normalized spacial score (nSPS) is 22.6. The fourth-order valence-electron chi connectivity index (χ4n) is 4.03. The average Bonchev–Trinajstić information content (AvgIpc) is 3.05. The number of anilines is 1. The number of benzene rings is 1. The number of nitrogens with zero attached hydrogens (tertiary/aromatic N) is 3. The Kier molecular flexibility index (Phi) is 8.55. The molecule has 156 valence electrons. The van der Waals surface area contributed by atoms with Crippen LogP contribution in [0.5, 0.6) is 0 Å². The number of hydrogen-bond acceptors (Lipinski definition) is 3. The number of nitrogens with one attached hydrogen (secondary N) is 2. The van der Waals surface area contributed by atoms with Crippen LogP contribution in [0.2, 0.25) is 0 Å². The molecule has 3 rings (SSSR count). The molecule has 2 aliphatic rings. The summed E-state index contributed by atoms with van der Waals surface area (Å²) in [4.78, 5) is 21.5. The van der Waals surface area contributed by atoms with E-state index in [0.717, 1.165) is 38.2 Å². The van der Waals surface area contributed by atoms with E-state index >= 15 is 0 Å². The molecule has 2 aliphatic heterocycles. The van der Waals surface area contributed by atoms with Crippen LogP contribution in [0.3, 0.4) is 0 Å². The summed E-state index contributed by atoms with van der Waals surface area (Å²) in [5, 5.41) is 6.72. The Morgan fingerprint density at radius 3 is 2.71 bits per heavy atom. The number of amides is 1. The summed E-state index contributed by atoms with van der Waals surface area (Å²) in [6.07, 6.45) is 2.06. The number of carbonyl (C=O) groups excluding carboxylic acids is 1. The monoisotopic (exact) mass is 499 g/mol. The predicted molar refractivity (Wildman–Crippen MR) is 127 cm³/mol. The summed E-state index contributed by atoms with van der Waals surface area (Å²) in [5.74, 6) is 1.35.